The maximum atomic E-state index is 12.5. The Morgan fingerprint density at radius 3 is 2.36 bits per heavy atom. The van der Waals surface area contributed by atoms with E-state index in [-0.39, 0.29) is 18.4 Å². The number of fused-ring (bicyclic) bond motifs is 1. The number of rotatable bonds is 4. The predicted octanol–water partition coefficient (Wildman–Crippen LogP) is 3.87. The smallest absolute Gasteiger partial charge is 0.416 e. The van der Waals surface area contributed by atoms with E-state index in [0.717, 1.165) is 12.1 Å². The lowest BCUT2D eigenvalue weighted by atomic mass is 10.2. The highest BCUT2D eigenvalue weighted by molar-refractivity contribution is 5.96. The molecule has 5 nitrogen and oxygen atoms in total. The van der Waals surface area contributed by atoms with Gasteiger partial charge in [-0.05, 0) is 43.3 Å². The molecule has 1 aliphatic heterocycles. The van der Waals surface area contributed by atoms with E-state index in [9.17, 15) is 18.0 Å². The number of ether oxygens (including phenoxy) is 2. The van der Waals surface area contributed by atoms with Gasteiger partial charge in [0.2, 0.25) is 12.7 Å². The Morgan fingerprint density at radius 2 is 1.68 bits per heavy atom. The SMILES string of the molecule is C[C@H](Nc1ccc2c(c1)OCO2)C(=O)Nc1ccc(C(F)(F)F)cc1. The lowest BCUT2D eigenvalue weighted by molar-refractivity contribution is -0.137. The highest BCUT2D eigenvalue weighted by Gasteiger charge is 2.30. The fourth-order valence-corrected chi connectivity index (χ4v) is 2.29. The summed E-state index contributed by atoms with van der Waals surface area (Å²) in [4.78, 5) is 12.2. The molecule has 25 heavy (non-hydrogen) atoms. The van der Waals surface area contributed by atoms with E-state index in [0.29, 0.717) is 17.2 Å². The number of hydrogen-bond donors (Lipinski definition) is 2. The molecule has 0 fully saturated rings. The summed E-state index contributed by atoms with van der Waals surface area (Å²) in [5.74, 6) is 0.838. The van der Waals surface area contributed by atoms with Crippen LogP contribution >= 0.6 is 0 Å². The zero-order valence-corrected chi connectivity index (χ0v) is 13.2. The average Bonchev–Trinajstić information content (AvgIpc) is 3.02. The van der Waals surface area contributed by atoms with Crippen LogP contribution in [0.2, 0.25) is 0 Å². The highest BCUT2D eigenvalue weighted by Crippen LogP contribution is 2.34. The van der Waals surface area contributed by atoms with E-state index in [1.165, 1.54) is 12.1 Å². The molecule has 1 amide bonds. The maximum Gasteiger partial charge on any atom is 0.416 e. The molecule has 132 valence electrons. The van der Waals surface area contributed by atoms with Gasteiger partial charge in [0.25, 0.3) is 0 Å². The van der Waals surface area contributed by atoms with Gasteiger partial charge in [-0.15, -0.1) is 0 Å². The number of hydrogen-bond acceptors (Lipinski definition) is 4. The molecule has 2 aromatic carbocycles. The minimum absolute atomic E-state index is 0.156. The van der Waals surface area contributed by atoms with E-state index in [1.54, 1.807) is 25.1 Å². The summed E-state index contributed by atoms with van der Waals surface area (Å²) in [5.41, 5.74) is 0.189. The fraction of sp³-hybridized carbons (Fsp3) is 0.235. The molecule has 2 N–H and O–H groups in total. The Kier molecular flexibility index (Phi) is 4.43. The number of nitrogens with one attached hydrogen (secondary N) is 2. The quantitative estimate of drug-likeness (QED) is 0.877. The zero-order valence-electron chi connectivity index (χ0n) is 13.2. The zero-order chi connectivity index (χ0) is 18.0. The predicted molar refractivity (Wildman–Crippen MR) is 85.7 cm³/mol. The van der Waals surface area contributed by atoms with Crippen molar-refractivity contribution < 1.29 is 27.4 Å². The summed E-state index contributed by atoms with van der Waals surface area (Å²) >= 11 is 0. The number of halogens is 3. The van der Waals surface area contributed by atoms with Gasteiger partial charge in [0.05, 0.1) is 5.56 Å². The third-order valence-corrected chi connectivity index (χ3v) is 3.63. The lowest BCUT2D eigenvalue weighted by Crippen LogP contribution is -2.31. The van der Waals surface area contributed by atoms with E-state index >= 15 is 0 Å². The van der Waals surface area contributed by atoms with Gasteiger partial charge < -0.3 is 20.1 Å². The molecule has 1 aliphatic rings. The van der Waals surface area contributed by atoms with E-state index in [4.69, 9.17) is 9.47 Å². The third kappa shape index (κ3) is 3.96. The molecular weight excluding hydrogens is 337 g/mol. The van der Waals surface area contributed by atoms with Gasteiger partial charge >= 0.3 is 6.18 Å². The minimum Gasteiger partial charge on any atom is -0.454 e. The molecule has 0 bridgehead atoms. The second kappa shape index (κ2) is 6.54. The van der Waals surface area contributed by atoms with Crippen LogP contribution in [0.3, 0.4) is 0 Å². The molecule has 0 aliphatic carbocycles. The molecule has 0 aromatic heterocycles. The Balaban J connectivity index is 1.61. The van der Waals surface area contributed by atoms with Gasteiger partial charge in [0, 0.05) is 17.4 Å². The first kappa shape index (κ1) is 16.9. The van der Waals surface area contributed by atoms with Crippen LogP contribution in [0, 0.1) is 0 Å². The van der Waals surface area contributed by atoms with E-state index in [1.807, 2.05) is 0 Å². The summed E-state index contributed by atoms with van der Waals surface area (Å²) in [6.45, 7) is 1.80. The van der Waals surface area contributed by atoms with Crippen molar-refractivity contribution in [3.05, 3.63) is 48.0 Å². The Bertz CT molecular complexity index is 776. The number of amides is 1. The number of benzene rings is 2. The van der Waals surface area contributed by atoms with Crippen molar-refractivity contribution in [2.75, 3.05) is 17.4 Å². The van der Waals surface area contributed by atoms with E-state index < -0.39 is 17.8 Å². The molecule has 1 heterocycles. The Morgan fingerprint density at radius 1 is 1.04 bits per heavy atom. The van der Waals surface area contributed by atoms with Gasteiger partial charge in [-0.3, -0.25) is 4.79 Å². The van der Waals surface area contributed by atoms with Gasteiger partial charge in [0.1, 0.15) is 6.04 Å². The second-order valence-electron chi connectivity index (χ2n) is 5.50. The van der Waals surface area contributed by atoms with Crippen LogP contribution in [0.4, 0.5) is 24.5 Å². The summed E-state index contributed by atoms with van der Waals surface area (Å²) in [5, 5.41) is 5.57. The molecule has 0 radical (unpaired) electrons. The summed E-state index contributed by atoms with van der Waals surface area (Å²) in [6, 6.07) is 8.85. The van der Waals surface area contributed by atoms with Crippen molar-refractivity contribution in [3.8, 4) is 11.5 Å². The maximum absolute atomic E-state index is 12.5. The van der Waals surface area contributed by atoms with Crippen molar-refractivity contribution in [1.82, 2.24) is 0 Å². The van der Waals surface area contributed by atoms with Gasteiger partial charge in [0.15, 0.2) is 11.5 Å². The lowest BCUT2D eigenvalue weighted by Gasteiger charge is -2.16. The summed E-state index contributed by atoms with van der Waals surface area (Å²) in [6.07, 6.45) is -4.41. The van der Waals surface area contributed by atoms with Crippen molar-refractivity contribution in [2.24, 2.45) is 0 Å². The molecule has 2 aromatic rings. The second-order valence-corrected chi connectivity index (χ2v) is 5.50. The number of carbonyl (C=O) groups excluding carboxylic acids is 1. The van der Waals surface area contributed by atoms with Gasteiger partial charge in [-0.2, -0.15) is 13.2 Å². The third-order valence-electron chi connectivity index (χ3n) is 3.63. The molecule has 3 rings (SSSR count). The number of alkyl halides is 3. The normalized spacial score (nSPS) is 14.1. The molecule has 1 atom stereocenters. The number of anilines is 2. The Hall–Kier alpha value is -2.90. The Labute approximate surface area is 141 Å². The van der Waals surface area contributed by atoms with Crippen LogP contribution in [0.5, 0.6) is 11.5 Å². The molecule has 8 heteroatoms. The summed E-state index contributed by atoms with van der Waals surface area (Å²) in [7, 11) is 0. The molecular formula is C17H15F3N2O3. The average molecular weight is 352 g/mol. The fourth-order valence-electron chi connectivity index (χ4n) is 2.29. The number of carbonyl (C=O) groups is 1. The van der Waals surface area contributed by atoms with Crippen LogP contribution in [0.15, 0.2) is 42.5 Å². The highest BCUT2D eigenvalue weighted by atomic mass is 19.4. The largest absolute Gasteiger partial charge is 0.454 e. The topological polar surface area (TPSA) is 59.6 Å². The standard InChI is InChI=1S/C17H15F3N2O3/c1-10(21-13-6-7-14-15(8-13)25-9-24-14)16(23)22-12-4-2-11(3-5-12)17(18,19)20/h2-8,10,21H,9H2,1H3,(H,22,23)/t10-/m0/s1. The van der Waals surface area contributed by atoms with Crippen LogP contribution in [-0.2, 0) is 11.0 Å². The van der Waals surface area contributed by atoms with Crippen molar-refractivity contribution >= 4 is 17.3 Å². The first-order valence-corrected chi connectivity index (χ1v) is 7.47. The first-order valence-electron chi connectivity index (χ1n) is 7.47. The van der Waals surface area contributed by atoms with Crippen LogP contribution in [-0.4, -0.2) is 18.7 Å². The monoisotopic (exact) mass is 352 g/mol. The van der Waals surface area contributed by atoms with Crippen LogP contribution in [0.1, 0.15) is 12.5 Å². The molecule has 0 saturated carbocycles. The van der Waals surface area contributed by atoms with Crippen molar-refractivity contribution in [3.63, 3.8) is 0 Å². The first-order chi connectivity index (χ1) is 11.8. The van der Waals surface area contributed by atoms with Crippen LogP contribution < -0.4 is 20.1 Å². The van der Waals surface area contributed by atoms with Gasteiger partial charge in [-0.25, -0.2) is 0 Å². The van der Waals surface area contributed by atoms with Gasteiger partial charge in [-0.1, -0.05) is 0 Å². The molecule has 0 unspecified atom stereocenters. The molecule has 0 saturated heterocycles. The van der Waals surface area contributed by atoms with Crippen LogP contribution in [0.25, 0.3) is 0 Å². The molecule has 0 spiro atoms. The summed E-state index contributed by atoms with van der Waals surface area (Å²) < 4.78 is 48.1. The minimum atomic E-state index is -4.41. The van der Waals surface area contributed by atoms with E-state index in [2.05, 4.69) is 10.6 Å². The van der Waals surface area contributed by atoms with Crippen molar-refractivity contribution in [1.29, 1.82) is 0 Å². The van der Waals surface area contributed by atoms with Crippen molar-refractivity contribution in [2.45, 2.75) is 19.1 Å².